The third-order valence-electron chi connectivity index (χ3n) is 4.91. The second-order valence-corrected chi connectivity index (χ2v) is 8.55. The highest BCUT2D eigenvalue weighted by atomic mass is 32.2. The summed E-state index contributed by atoms with van der Waals surface area (Å²) in [5.41, 5.74) is 3.96. The number of piperidine rings is 1. The molecule has 2 heterocycles. The number of aryl methyl sites for hydroxylation is 2. The fraction of sp³-hybridized carbons (Fsp3) is 0.625. The summed E-state index contributed by atoms with van der Waals surface area (Å²) in [5.74, 6) is 0.565. The smallest absolute Gasteiger partial charge is 0.211 e. The summed E-state index contributed by atoms with van der Waals surface area (Å²) in [6, 6.07) is 6.76. The monoisotopic (exact) mass is 308 g/mol. The van der Waals surface area contributed by atoms with E-state index in [1.165, 1.54) is 22.9 Å². The summed E-state index contributed by atoms with van der Waals surface area (Å²) < 4.78 is 25.1. The molecule has 2 saturated heterocycles. The van der Waals surface area contributed by atoms with E-state index < -0.39 is 10.0 Å². The third-order valence-corrected chi connectivity index (χ3v) is 6.18. The molecule has 0 spiro atoms. The van der Waals surface area contributed by atoms with E-state index in [-0.39, 0.29) is 6.04 Å². The van der Waals surface area contributed by atoms with Crippen LogP contribution in [0, 0.1) is 19.8 Å². The zero-order valence-corrected chi connectivity index (χ0v) is 13.9. The van der Waals surface area contributed by atoms with Crippen molar-refractivity contribution in [2.24, 2.45) is 5.92 Å². The first-order valence-corrected chi connectivity index (χ1v) is 9.45. The Bertz CT molecular complexity index is 642. The summed E-state index contributed by atoms with van der Waals surface area (Å²) in [7, 11) is -3.04. The molecule has 2 aliphatic rings. The van der Waals surface area contributed by atoms with Crippen LogP contribution in [0.5, 0.6) is 0 Å². The number of sulfonamides is 1. The van der Waals surface area contributed by atoms with Gasteiger partial charge in [0.25, 0.3) is 0 Å². The van der Waals surface area contributed by atoms with Crippen LogP contribution in [-0.2, 0) is 16.6 Å². The molecular formula is C16H24N2O2S. The van der Waals surface area contributed by atoms with Crippen molar-refractivity contribution in [1.29, 1.82) is 0 Å². The Morgan fingerprint density at radius 2 is 2.00 bits per heavy atom. The number of hydrogen-bond acceptors (Lipinski definition) is 3. The molecule has 0 N–H and O–H groups in total. The van der Waals surface area contributed by atoms with Crippen molar-refractivity contribution in [2.45, 2.75) is 32.9 Å². The number of benzene rings is 1. The molecule has 5 heteroatoms. The highest BCUT2D eigenvalue weighted by molar-refractivity contribution is 7.88. The van der Waals surface area contributed by atoms with Gasteiger partial charge in [0.05, 0.1) is 6.26 Å². The van der Waals surface area contributed by atoms with Gasteiger partial charge in [-0.25, -0.2) is 8.42 Å². The van der Waals surface area contributed by atoms with Gasteiger partial charge in [0.15, 0.2) is 0 Å². The average Bonchev–Trinajstić information content (AvgIpc) is 2.34. The Kier molecular flexibility index (Phi) is 3.84. The maximum absolute atomic E-state index is 11.7. The van der Waals surface area contributed by atoms with Gasteiger partial charge in [-0.1, -0.05) is 23.8 Å². The van der Waals surface area contributed by atoms with E-state index in [4.69, 9.17) is 0 Å². The van der Waals surface area contributed by atoms with E-state index in [0.717, 1.165) is 32.6 Å². The first-order valence-electron chi connectivity index (χ1n) is 7.60. The van der Waals surface area contributed by atoms with Gasteiger partial charge < -0.3 is 0 Å². The standard InChI is InChI=1S/C16H24N2O2S/c1-12-4-5-14(13(2)8-12)9-17-7-6-15-10-18(16(15)11-17)21(3,19)20/h4-5,8,15-16H,6-7,9-11H2,1-3H3/t15-,16-/m1/s1. The molecule has 0 unspecified atom stereocenters. The molecule has 1 aromatic rings. The quantitative estimate of drug-likeness (QED) is 0.854. The molecule has 3 rings (SSSR count). The van der Waals surface area contributed by atoms with Crippen molar-refractivity contribution in [2.75, 3.05) is 25.9 Å². The minimum atomic E-state index is -3.04. The molecule has 0 amide bonds. The lowest BCUT2D eigenvalue weighted by molar-refractivity contribution is 0.0110. The van der Waals surface area contributed by atoms with Crippen molar-refractivity contribution in [3.63, 3.8) is 0 Å². The minimum absolute atomic E-state index is 0.194. The Morgan fingerprint density at radius 3 is 2.67 bits per heavy atom. The molecule has 2 atom stereocenters. The Hall–Kier alpha value is -0.910. The zero-order chi connectivity index (χ0) is 15.2. The van der Waals surface area contributed by atoms with Gasteiger partial charge >= 0.3 is 0 Å². The predicted octanol–water partition coefficient (Wildman–Crippen LogP) is 1.77. The lowest BCUT2D eigenvalue weighted by Gasteiger charge is -2.52. The van der Waals surface area contributed by atoms with Crippen LogP contribution in [0.1, 0.15) is 23.1 Å². The first kappa shape index (κ1) is 15.0. The van der Waals surface area contributed by atoms with Gasteiger partial charge in [0.1, 0.15) is 0 Å². The molecule has 116 valence electrons. The molecule has 21 heavy (non-hydrogen) atoms. The van der Waals surface area contributed by atoms with Gasteiger partial charge in [0.2, 0.25) is 10.0 Å². The maximum Gasteiger partial charge on any atom is 0.211 e. The lowest BCUT2D eigenvalue weighted by Crippen LogP contribution is -2.65. The van der Waals surface area contributed by atoms with Gasteiger partial charge in [-0.2, -0.15) is 4.31 Å². The molecular weight excluding hydrogens is 284 g/mol. The van der Waals surface area contributed by atoms with Crippen molar-refractivity contribution in [3.05, 3.63) is 34.9 Å². The number of fused-ring (bicyclic) bond motifs is 1. The second-order valence-electron chi connectivity index (χ2n) is 6.61. The van der Waals surface area contributed by atoms with Crippen LogP contribution in [0.3, 0.4) is 0 Å². The van der Waals surface area contributed by atoms with Crippen molar-refractivity contribution >= 4 is 10.0 Å². The lowest BCUT2D eigenvalue weighted by atomic mass is 9.84. The molecule has 2 aliphatic heterocycles. The molecule has 0 saturated carbocycles. The summed E-state index contributed by atoms with van der Waals surface area (Å²) in [6.07, 6.45) is 2.44. The van der Waals surface area contributed by atoms with Crippen molar-refractivity contribution in [1.82, 2.24) is 9.21 Å². The molecule has 0 radical (unpaired) electrons. The summed E-state index contributed by atoms with van der Waals surface area (Å²) >= 11 is 0. The zero-order valence-electron chi connectivity index (χ0n) is 13.0. The third kappa shape index (κ3) is 3.00. The Balaban J connectivity index is 1.68. The second kappa shape index (κ2) is 5.38. The number of nitrogens with zero attached hydrogens (tertiary/aromatic N) is 2. The molecule has 0 bridgehead atoms. The fourth-order valence-corrected chi connectivity index (χ4v) is 4.80. The maximum atomic E-state index is 11.7. The summed E-state index contributed by atoms with van der Waals surface area (Å²) in [5, 5.41) is 0. The Morgan fingerprint density at radius 1 is 1.24 bits per heavy atom. The number of hydrogen-bond donors (Lipinski definition) is 0. The van der Waals surface area contributed by atoms with Crippen LogP contribution >= 0.6 is 0 Å². The van der Waals surface area contributed by atoms with Crippen molar-refractivity contribution < 1.29 is 8.42 Å². The molecule has 0 aliphatic carbocycles. The van der Waals surface area contributed by atoms with E-state index in [9.17, 15) is 8.42 Å². The van der Waals surface area contributed by atoms with Gasteiger partial charge in [-0.3, -0.25) is 4.90 Å². The van der Waals surface area contributed by atoms with Crippen LogP contribution in [0.15, 0.2) is 18.2 Å². The topological polar surface area (TPSA) is 40.6 Å². The molecule has 1 aromatic carbocycles. The van der Waals surface area contributed by atoms with Crippen LogP contribution in [0.25, 0.3) is 0 Å². The first-order chi connectivity index (χ1) is 9.84. The summed E-state index contributed by atoms with van der Waals surface area (Å²) in [6.45, 7) is 7.85. The number of likely N-dealkylation sites (tertiary alicyclic amines) is 1. The minimum Gasteiger partial charge on any atom is -0.297 e. The molecule has 2 fully saturated rings. The molecule has 4 nitrogen and oxygen atoms in total. The SMILES string of the molecule is Cc1ccc(CN2CC[C@@H]3CN(S(C)(=O)=O)[C@@H]3C2)c(C)c1. The highest BCUT2D eigenvalue weighted by Gasteiger charge is 2.46. The van der Waals surface area contributed by atoms with E-state index >= 15 is 0 Å². The fourth-order valence-electron chi connectivity index (χ4n) is 3.60. The molecule has 0 aromatic heterocycles. The van der Waals surface area contributed by atoms with Crippen LogP contribution in [0.2, 0.25) is 0 Å². The summed E-state index contributed by atoms with van der Waals surface area (Å²) in [4.78, 5) is 2.40. The number of rotatable bonds is 3. The van der Waals surface area contributed by atoms with E-state index in [0.29, 0.717) is 5.92 Å². The predicted molar refractivity (Wildman–Crippen MR) is 84.6 cm³/mol. The van der Waals surface area contributed by atoms with Crippen LogP contribution < -0.4 is 0 Å². The van der Waals surface area contributed by atoms with Gasteiger partial charge in [0, 0.05) is 25.7 Å². The van der Waals surface area contributed by atoms with Crippen LogP contribution in [0.4, 0.5) is 0 Å². The van der Waals surface area contributed by atoms with E-state index in [1.54, 1.807) is 4.31 Å². The van der Waals surface area contributed by atoms with E-state index in [1.807, 2.05) is 0 Å². The largest absolute Gasteiger partial charge is 0.297 e. The average molecular weight is 308 g/mol. The van der Waals surface area contributed by atoms with Gasteiger partial charge in [-0.15, -0.1) is 0 Å². The normalized spacial score (nSPS) is 27.2. The Labute approximate surface area is 127 Å². The van der Waals surface area contributed by atoms with Crippen molar-refractivity contribution in [3.8, 4) is 0 Å². The van der Waals surface area contributed by atoms with E-state index in [2.05, 4.69) is 36.9 Å². The van der Waals surface area contributed by atoms with Gasteiger partial charge in [-0.05, 0) is 43.9 Å². The highest BCUT2D eigenvalue weighted by Crippen LogP contribution is 2.34. The van der Waals surface area contributed by atoms with Crippen LogP contribution in [-0.4, -0.2) is 49.6 Å².